The van der Waals surface area contributed by atoms with Gasteiger partial charge in [0, 0.05) is 5.92 Å². The molecule has 1 aromatic rings. The predicted molar refractivity (Wildman–Crippen MR) is 85.5 cm³/mol. The molecule has 0 radical (unpaired) electrons. The van der Waals surface area contributed by atoms with Crippen LogP contribution in [0.1, 0.15) is 45.6 Å². The molecule has 0 spiro atoms. The van der Waals surface area contributed by atoms with Crippen molar-refractivity contribution in [2.45, 2.75) is 51.6 Å². The Morgan fingerprint density at radius 3 is 2.64 bits per heavy atom. The highest BCUT2D eigenvalue weighted by Crippen LogP contribution is 2.43. The molecule has 0 bridgehead atoms. The number of rotatable bonds is 4. The summed E-state index contributed by atoms with van der Waals surface area (Å²) in [7, 11) is 0. The van der Waals surface area contributed by atoms with Crippen molar-refractivity contribution in [2.75, 3.05) is 0 Å². The van der Waals surface area contributed by atoms with Crippen LogP contribution < -0.4 is 0 Å². The fourth-order valence-electron chi connectivity index (χ4n) is 3.59. The molecule has 0 amide bonds. The number of hydrogen-bond donors (Lipinski definition) is 0. The van der Waals surface area contributed by atoms with E-state index in [-0.39, 0.29) is 17.4 Å². The van der Waals surface area contributed by atoms with E-state index in [1.54, 1.807) is 0 Å². The first-order valence-electron chi connectivity index (χ1n) is 7.88. The van der Waals surface area contributed by atoms with Gasteiger partial charge in [-0.15, -0.1) is 0 Å². The van der Waals surface area contributed by atoms with Crippen molar-refractivity contribution >= 4 is 12.2 Å². The van der Waals surface area contributed by atoms with Gasteiger partial charge in [-0.3, -0.25) is 0 Å². The van der Waals surface area contributed by atoms with E-state index in [2.05, 4.69) is 37.7 Å². The van der Waals surface area contributed by atoms with Gasteiger partial charge in [0.2, 0.25) is 0 Å². The van der Waals surface area contributed by atoms with Crippen molar-refractivity contribution in [3.05, 3.63) is 41.4 Å². The van der Waals surface area contributed by atoms with Crippen molar-refractivity contribution in [1.82, 2.24) is 0 Å². The Kier molecular flexibility index (Phi) is 5.15. The second kappa shape index (κ2) is 6.89. The van der Waals surface area contributed by atoms with Crippen molar-refractivity contribution < 1.29 is 14.3 Å². The lowest BCUT2D eigenvalue weighted by Crippen LogP contribution is -2.43. The topological polar surface area (TPSA) is 62.7 Å². The summed E-state index contributed by atoms with van der Waals surface area (Å²) in [6.07, 6.45) is 3.70. The summed E-state index contributed by atoms with van der Waals surface area (Å²) < 4.78 is 5.57. The lowest BCUT2D eigenvalue weighted by atomic mass is 9.64. The van der Waals surface area contributed by atoms with Gasteiger partial charge in [0.05, 0.1) is 0 Å². The van der Waals surface area contributed by atoms with E-state index in [1.807, 2.05) is 18.2 Å². The summed E-state index contributed by atoms with van der Waals surface area (Å²) in [6.45, 7) is 6.61. The quantitative estimate of drug-likeness (QED) is 0.369. The number of benzene rings is 1. The average Bonchev–Trinajstić information content (AvgIpc) is 2.48. The van der Waals surface area contributed by atoms with E-state index >= 15 is 0 Å². The molecule has 0 saturated heterocycles. The smallest absolute Gasteiger partial charge is 0.413 e. The monoisotopic (exact) mass is 300 g/mol. The van der Waals surface area contributed by atoms with Crippen molar-refractivity contribution in [3.8, 4) is 0 Å². The number of nitrogens with zero attached hydrogens (tertiary/aromatic N) is 2. The average molecular weight is 300 g/mol. The Morgan fingerprint density at radius 2 is 2.00 bits per heavy atom. The molecular weight excluding hydrogens is 276 g/mol. The van der Waals surface area contributed by atoms with Gasteiger partial charge in [-0.25, -0.2) is 4.79 Å². The zero-order valence-corrected chi connectivity index (χ0v) is 13.5. The van der Waals surface area contributed by atoms with E-state index in [1.165, 1.54) is 5.56 Å². The van der Waals surface area contributed by atoms with Gasteiger partial charge in [0.25, 0.3) is 0 Å². The van der Waals surface area contributed by atoms with E-state index < -0.39 is 5.97 Å². The molecular formula is C18H24N2O2. The Labute approximate surface area is 132 Å². The summed E-state index contributed by atoms with van der Waals surface area (Å²) in [6, 6.07) is 10.4. The number of esters is 1. The maximum Gasteiger partial charge on any atom is 0.413 e. The molecule has 0 heterocycles. The molecule has 22 heavy (non-hydrogen) atoms. The van der Waals surface area contributed by atoms with Crippen LogP contribution >= 0.6 is 0 Å². The molecule has 2 rings (SSSR count). The van der Waals surface area contributed by atoms with Gasteiger partial charge in [-0.1, -0.05) is 57.5 Å². The zero-order valence-electron chi connectivity index (χ0n) is 13.5. The Hall–Kier alpha value is -1.93. The van der Waals surface area contributed by atoms with E-state index in [0.29, 0.717) is 5.92 Å². The van der Waals surface area contributed by atoms with Crippen LogP contribution in [0.5, 0.6) is 0 Å². The van der Waals surface area contributed by atoms with Gasteiger partial charge < -0.3 is 10.3 Å². The third kappa shape index (κ3) is 3.63. The summed E-state index contributed by atoms with van der Waals surface area (Å²) in [5.41, 5.74) is 9.67. The molecule has 3 unspecified atom stereocenters. The second-order valence-electron chi connectivity index (χ2n) is 6.83. The molecule has 118 valence electrons. The summed E-state index contributed by atoms with van der Waals surface area (Å²) in [4.78, 5) is 14.5. The maximum atomic E-state index is 11.7. The van der Waals surface area contributed by atoms with Crippen LogP contribution in [-0.2, 0) is 14.9 Å². The summed E-state index contributed by atoms with van der Waals surface area (Å²) in [5, 5.41) is 0. The highest BCUT2D eigenvalue weighted by molar-refractivity contribution is 6.20. The molecule has 1 aliphatic carbocycles. The number of hydrogen-bond acceptors (Lipinski definition) is 2. The maximum absolute atomic E-state index is 11.7. The second-order valence-corrected chi connectivity index (χ2v) is 6.83. The van der Waals surface area contributed by atoms with Crippen molar-refractivity contribution in [2.24, 2.45) is 11.8 Å². The molecule has 0 aliphatic heterocycles. The number of carbonyl (C=O) groups excluding carboxylic acids is 1. The molecule has 4 nitrogen and oxygen atoms in total. The minimum atomic E-state index is -0.574. The summed E-state index contributed by atoms with van der Waals surface area (Å²) in [5.74, 6) is 0.212. The van der Waals surface area contributed by atoms with Gasteiger partial charge in [-0.2, -0.15) is 4.79 Å². The molecule has 4 heteroatoms. The van der Waals surface area contributed by atoms with E-state index in [0.717, 1.165) is 25.5 Å². The Morgan fingerprint density at radius 1 is 1.32 bits per heavy atom. The lowest BCUT2D eigenvalue weighted by Gasteiger charge is -2.43. The third-order valence-corrected chi connectivity index (χ3v) is 4.93. The Bertz CT molecular complexity index is 562. The highest BCUT2D eigenvalue weighted by Gasteiger charge is 2.42. The molecule has 1 saturated carbocycles. The highest BCUT2D eigenvalue weighted by atomic mass is 16.5. The fraction of sp³-hybridized carbons (Fsp3) is 0.556. The predicted octanol–water partition coefficient (Wildman–Crippen LogP) is 3.61. The van der Waals surface area contributed by atoms with Crippen LogP contribution in [0.25, 0.3) is 5.53 Å². The molecule has 3 atom stereocenters. The summed E-state index contributed by atoms with van der Waals surface area (Å²) >= 11 is 0. The molecule has 0 aromatic heterocycles. The standard InChI is InChI=1S/C18H24N2O2/c1-13-9-10-15(16(11-13)22-17(21)12-20-19)18(2,3)14-7-5-4-6-8-14/h4-8,12-13,15-16H,9-11H2,1-3H3. The molecule has 1 aromatic carbocycles. The van der Waals surface area contributed by atoms with E-state index in [9.17, 15) is 4.79 Å². The van der Waals surface area contributed by atoms with Crippen molar-refractivity contribution in [3.63, 3.8) is 0 Å². The third-order valence-electron chi connectivity index (χ3n) is 4.93. The first-order chi connectivity index (χ1) is 10.4. The van der Waals surface area contributed by atoms with Crippen molar-refractivity contribution in [1.29, 1.82) is 0 Å². The van der Waals surface area contributed by atoms with Gasteiger partial charge in [-0.05, 0) is 29.7 Å². The lowest BCUT2D eigenvalue weighted by molar-refractivity contribution is -0.151. The normalized spacial score (nSPS) is 25.1. The van der Waals surface area contributed by atoms with Crippen LogP contribution in [0.15, 0.2) is 30.3 Å². The Balaban J connectivity index is 2.25. The number of carbonyl (C=O) groups is 1. The SMILES string of the molecule is CC1CCC(C(C)(C)c2ccccc2)C(OC(=O)C=[N+]=[N-])C1. The van der Waals surface area contributed by atoms with Crippen LogP contribution in [0.2, 0.25) is 0 Å². The minimum absolute atomic E-state index is 0.0807. The van der Waals surface area contributed by atoms with Gasteiger partial charge in [0.15, 0.2) is 0 Å². The minimum Gasteiger partial charge on any atom is -0.454 e. The van der Waals surface area contributed by atoms with Gasteiger partial charge in [0.1, 0.15) is 6.10 Å². The molecule has 1 aliphatic rings. The number of ether oxygens (including phenoxy) is 1. The largest absolute Gasteiger partial charge is 0.454 e. The van der Waals surface area contributed by atoms with Crippen LogP contribution in [0.4, 0.5) is 0 Å². The first-order valence-corrected chi connectivity index (χ1v) is 7.88. The van der Waals surface area contributed by atoms with Crippen LogP contribution in [-0.4, -0.2) is 23.1 Å². The van der Waals surface area contributed by atoms with Crippen LogP contribution in [0, 0.1) is 11.8 Å². The first kappa shape index (κ1) is 16.4. The van der Waals surface area contributed by atoms with E-state index in [4.69, 9.17) is 10.3 Å². The van der Waals surface area contributed by atoms with Gasteiger partial charge >= 0.3 is 12.2 Å². The zero-order chi connectivity index (χ0) is 16.2. The molecule has 0 N–H and O–H groups in total. The fourth-order valence-corrected chi connectivity index (χ4v) is 3.59. The van der Waals surface area contributed by atoms with Crippen LogP contribution in [0.3, 0.4) is 0 Å². The molecule has 1 fully saturated rings.